The Hall–Kier alpha value is -1.63. The van der Waals surface area contributed by atoms with Crippen LogP contribution in [0, 0.1) is 51.8 Å². The Balaban J connectivity index is 1.39. The molecule has 0 heterocycles. The number of carbonyl (C=O) groups is 3. The number of esters is 2. The number of hydrogen-bond donors (Lipinski definition) is 2. The van der Waals surface area contributed by atoms with Gasteiger partial charge in [-0.25, -0.2) is 0 Å². The van der Waals surface area contributed by atoms with Crippen LogP contribution in [-0.2, 0) is 23.9 Å². The van der Waals surface area contributed by atoms with E-state index in [0.29, 0.717) is 42.4 Å². The number of fused-ring (bicyclic) bond motifs is 5. The van der Waals surface area contributed by atoms with Crippen LogP contribution >= 0.6 is 0 Å². The van der Waals surface area contributed by atoms with Gasteiger partial charge < -0.3 is 19.7 Å². The SMILES string of the molecule is CCC(C)(C)C(=O)OC1CC[C@@]2(C)C(CCC3C2CC(O)[C@]2(C)C(C(C)CCC(=O)OCCC(=O)O)CCC32)C1. The average Bonchev–Trinajstić information content (AvgIpc) is 3.26. The molecule has 4 aliphatic carbocycles. The molecule has 4 rings (SSSR count). The molecule has 0 aromatic rings. The summed E-state index contributed by atoms with van der Waals surface area (Å²) >= 11 is 0. The largest absolute Gasteiger partial charge is 0.481 e. The second kappa shape index (κ2) is 11.9. The zero-order valence-corrected chi connectivity index (χ0v) is 25.7. The second-order valence-electron chi connectivity index (χ2n) is 14.9. The minimum absolute atomic E-state index is 0.0132. The molecule has 4 aliphatic rings. The van der Waals surface area contributed by atoms with Crippen molar-refractivity contribution in [1.82, 2.24) is 0 Å². The number of rotatable bonds is 10. The normalized spacial score (nSPS) is 39.8. The summed E-state index contributed by atoms with van der Waals surface area (Å²) in [6.07, 6.45) is 9.63. The van der Waals surface area contributed by atoms with E-state index in [-0.39, 0.29) is 53.9 Å². The molecular weight excluding hydrogens is 508 g/mol. The highest BCUT2D eigenvalue weighted by Crippen LogP contribution is 2.68. The summed E-state index contributed by atoms with van der Waals surface area (Å²) in [5.74, 6) is 1.43. The molecule has 0 amide bonds. The fraction of sp³-hybridized carbons (Fsp3) is 0.909. The molecule has 40 heavy (non-hydrogen) atoms. The van der Waals surface area contributed by atoms with Gasteiger partial charge in [-0.3, -0.25) is 14.4 Å². The lowest BCUT2D eigenvalue weighted by Gasteiger charge is -2.62. The van der Waals surface area contributed by atoms with E-state index in [1.165, 1.54) is 12.8 Å². The lowest BCUT2D eigenvalue weighted by atomic mass is 9.43. The number of aliphatic carboxylic acids is 1. The van der Waals surface area contributed by atoms with Gasteiger partial charge in [-0.15, -0.1) is 0 Å². The number of ether oxygens (including phenoxy) is 2. The summed E-state index contributed by atoms with van der Waals surface area (Å²) in [5, 5.41) is 20.6. The van der Waals surface area contributed by atoms with E-state index in [0.717, 1.165) is 44.9 Å². The highest BCUT2D eigenvalue weighted by atomic mass is 16.5. The van der Waals surface area contributed by atoms with E-state index in [1.54, 1.807) is 0 Å². The van der Waals surface area contributed by atoms with Gasteiger partial charge in [0.1, 0.15) is 12.7 Å². The molecule has 2 N–H and O–H groups in total. The van der Waals surface area contributed by atoms with Crippen molar-refractivity contribution in [1.29, 1.82) is 0 Å². The van der Waals surface area contributed by atoms with E-state index in [1.807, 2.05) is 20.8 Å². The van der Waals surface area contributed by atoms with Gasteiger partial charge in [0.15, 0.2) is 0 Å². The molecule has 10 atom stereocenters. The van der Waals surface area contributed by atoms with Gasteiger partial charge in [-0.2, -0.15) is 0 Å². The van der Waals surface area contributed by atoms with Crippen molar-refractivity contribution in [2.24, 2.45) is 51.8 Å². The van der Waals surface area contributed by atoms with Crippen molar-refractivity contribution < 1.29 is 34.1 Å². The molecule has 7 heteroatoms. The molecular formula is C33H54O7. The smallest absolute Gasteiger partial charge is 0.311 e. The van der Waals surface area contributed by atoms with Crippen LogP contribution in [0.1, 0.15) is 119 Å². The first-order valence-electron chi connectivity index (χ1n) is 16.0. The summed E-state index contributed by atoms with van der Waals surface area (Å²) in [7, 11) is 0. The van der Waals surface area contributed by atoms with Crippen molar-refractivity contribution in [2.75, 3.05) is 6.61 Å². The maximum absolute atomic E-state index is 12.8. The van der Waals surface area contributed by atoms with Crippen LogP contribution in [0.5, 0.6) is 0 Å². The van der Waals surface area contributed by atoms with Crippen molar-refractivity contribution in [3.63, 3.8) is 0 Å². The van der Waals surface area contributed by atoms with Crippen LogP contribution in [0.25, 0.3) is 0 Å². The molecule has 0 aromatic heterocycles. The van der Waals surface area contributed by atoms with Gasteiger partial charge in [0.05, 0.1) is 17.9 Å². The fourth-order valence-electron chi connectivity index (χ4n) is 9.58. The van der Waals surface area contributed by atoms with Gasteiger partial charge in [0.2, 0.25) is 0 Å². The Morgan fingerprint density at radius 1 is 1.00 bits per heavy atom. The number of carboxylic acids is 1. The predicted octanol–water partition coefficient (Wildman–Crippen LogP) is 6.40. The third-order valence-electron chi connectivity index (χ3n) is 12.6. The van der Waals surface area contributed by atoms with Gasteiger partial charge >= 0.3 is 17.9 Å². The number of carbonyl (C=O) groups excluding carboxylic acids is 2. The molecule has 4 saturated carbocycles. The number of carboxylic acid groups (broad SMARTS) is 1. The first-order valence-corrected chi connectivity index (χ1v) is 16.0. The first kappa shape index (κ1) is 31.3. The van der Waals surface area contributed by atoms with Crippen LogP contribution in [0.4, 0.5) is 0 Å². The van der Waals surface area contributed by atoms with Gasteiger partial charge in [-0.1, -0.05) is 27.7 Å². The van der Waals surface area contributed by atoms with E-state index < -0.39 is 11.4 Å². The summed E-state index contributed by atoms with van der Waals surface area (Å²) in [6.45, 7) is 12.9. The average molecular weight is 563 g/mol. The molecule has 0 saturated heterocycles. The highest BCUT2D eigenvalue weighted by Gasteiger charge is 2.64. The van der Waals surface area contributed by atoms with Crippen molar-refractivity contribution >= 4 is 17.9 Å². The van der Waals surface area contributed by atoms with Crippen molar-refractivity contribution in [2.45, 2.75) is 131 Å². The Morgan fingerprint density at radius 3 is 2.40 bits per heavy atom. The fourth-order valence-corrected chi connectivity index (χ4v) is 9.58. The topological polar surface area (TPSA) is 110 Å². The Morgan fingerprint density at radius 2 is 1.73 bits per heavy atom. The molecule has 0 bridgehead atoms. The predicted molar refractivity (Wildman–Crippen MR) is 152 cm³/mol. The lowest BCUT2D eigenvalue weighted by molar-refractivity contribution is -0.185. The molecule has 7 nitrogen and oxygen atoms in total. The van der Waals surface area contributed by atoms with E-state index >= 15 is 0 Å². The molecule has 0 radical (unpaired) electrons. The zero-order chi connectivity index (χ0) is 29.5. The first-order chi connectivity index (χ1) is 18.7. The number of hydrogen-bond acceptors (Lipinski definition) is 6. The van der Waals surface area contributed by atoms with Crippen LogP contribution in [0.3, 0.4) is 0 Å². The summed E-state index contributed by atoms with van der Waals surface area (Å²) in [4.78, 5) is 35.6. The molecule has 4 fully saturated rings. The summed E-state index contributed by atoms with van der Waals surface area (Å²) in [6, 6.07) is 0. The minimum atomic E-state index is -0.967. The van der Waals surface area contributed by atoms with Crippen molar-refractivity contribution in [3.05, 3.63) is 0 Å². The van der Waals surface area contributed by atoms with Gasteiger partial charge in [-0.05, 0) is 124 Å². The third-order valence-corrected chi connectivity index (χ3v) is 12.6. The van der Waals surface area contributed by atoms with Crippen LogP contribution in [0.2, 0.25) is 0 Å². The molecule has 0 aromatic carbocycles. The highest BCUT2D eigenvalue weighted by molar-refractivity contribution is 5.76. The molecule has 8 unspecified atom stereocenters. The van der Waals surface area contributed by atoms with E-state index in [9.17, 15) is 19.5 Å². The number of aliphatic hydroxyl groups excluding tert-OH is 1. The number of aliphatic hydroxyl groups is 1. The van der Waals surface area contributed by atoms with Gasteiger partial charge in [0, 0.05) is 6.42 Å². The van der Waals surface area contributed by atoms with Gasteiger partial charge in [0.25, 0.3) is 0 Å². The molecule has 0 spiro atoms. The molecule has 0 aliphatic heterocycles. The van der Waals surface area contributed by atoms with Crippen LogP contribution in [0.15, 0.2) is 0 Å². The second-order valence-corrected chi connectivity index (χ2v) is 14.9. The standard InChI is InChI=1S/C33H54O7/c1-7-31(3,4)30(38)40-22-14-16-32(5)21(18-22)9-10-23-25-12-11-24(33(25,6)27(34)19-26(23)32)20(2)8-13-29(37)39-17-15-28(35)36/h20-27,34H,7-19H2,1-6H3,(H,35,36)/t20?,21?,22?,23?,24?,25?,26?,27?,32-,33+/m0/s1. The summed E-state index contributed by atoms with van der Waals surface area (Å²) < 4.78 is 11.2. The maximum atomic E-state index is 12.8. The Kier molecular flexibility index (Phi) is 9.34. The van der Waals surface area contributed by atoms with E-state index in [2.05, 4.69) is 20.8 Å². The third kappa shape index (κ3) is 5.83. The lowest BCUT2D eigenvalue weighted by Crippen LogP contribution is -2.59. The zero-order valence-electron chi connectivity index (χ0n) is 25.7. The Labute approximate surface area is 241 Å². The van der Waals surface area contributed by atoms with Crippen molar-refractivity contribution in [3.8, 4) is 0 Å². The summed E-state index contributed by atoms with van der Waals surface area (Å²) in [5.41, 5.74) is -0.402. The van der Waals surface area contributed by atoms with E-state index in [4.69, 9.17) is 14.6 Å². The quantitative estimate of drug-likeness (QED) is 0.297. The monoisotopic (exact) mass is 562 g/mol. The maximum Gasteiger partial charge on any atom is 0.311 e. The molecule has 228 valence electrons. The van der Waals surface area contributed by atoms with Crippen LogP contribution < -0.4 is 0 Å². The minimum Gasteiger partial charge on any atom is -0.481 e. The van der Waals surface area contributed by atoms with Crippen LogP contribution in [-0.4, -0.2) is 46.9 Å². The Bertz CT molecular complexity index is 945.